The molecule has 164 valence electrons. The number of rotatable bonds is 5. The first kappa shape index (κ1) is 26.0. The summed E-state index contributed by atoms with van der Waals surface area (Å²) >= 11 is 9.43. The molecule has 0 spiro atoms. The van der Waals surface area contributed by atoms with E-state index in [1.165, 1.54) is 21.2 Å². The number of hydrogen-bond donors (Lipinski definition) is 0. The van der Waals surface area contributed by atoms with Crippen LogP contribution in [-0.4, -0.2) is 10.8 Å². The van der Waals surface area contributed by atoms with Crippen molar-refractivity contribution in [2.24, 2.45) is 0 Å². The Morgan fingerprint density at radius 2 is 0.750 bits per heavy atom. The van der Waals surface area contributed by atoms with E-state index in [2.05, 4.69) is 121 Å². The summed E-state index contributed by atoms with van der Waals surface area (Å²) in [5, 5.41) is 14.9. The normalized spacial score (nSPS) is 10.5. The van der Waals surface area contributed by atoms with Gasteiger partial charge < -0.3 is 9.90 Å². The van der Waals surface area contributed by atoms with Crippen molar-refractivity contribution in [2.75, 3.05) is 0 Å². The van der Waals surface area contributed by atoms with E-state index >= 15 is 0 Å². The van der Waals surface area contributed by atoms with Gasteiger partial charge in [-0.15, -0.1) is 0 Å². The number of carboxylic acid groups (broad SMARTS) is 1. The maximum Gasteiger partial charge on any atom is 0.146 e. The third-order valence-electron chi connectivity index (χ3n) is 4.75. The highest BCUT2D eigenvalue weighted by molar-refractivity contribution is 8.01. The van der Waals surface area contributed by atoms with Crippen molar-refractivity contribution in [3.05, 3.63) is 121 Å². The smallest absolute Gasteiger partial charge is 0.146 e. The summed E-state index contributed by atoms with van der Waals surface area (Å²) in [5.41, 5.74) is 0. The lowest BCUT2D eigenvalue weighted by Crippen LogP contribution is -2.38. The molecule has 4 aromatic carbocycles. The van der Waals surface area contributed by atoms with Gasteiger partial charge in [0, 0.05) is 0 Å². The molecule has 0 bridgehead atoms. The van der Waals surface area contributed by atoms with Gasteiger partial charge in [0.1, 0.15) is 33.3 Å². The van der Waals surface area contributed by atoms with Crippen LogP contribution >= 0.6 is 40.4 Å². The molecule has 0 fully saturated rings. The fourth-order valence-corrected chi connectivity index (χ4v) is 7.77. The van der Waals surface area contributed by atoms with Crippen molar-refractivity contribution in [3.8, 4) is 0 Å². The quantitative estimate of drug-likeness (QED) is 0.308. The van der Waals surface area contributed by atoms with Crippen molar-refractivity contribution in [3.63, 3.8) is 0 Å². The zero-order valence-corrected chi connectivity index (χ0v) is 21.2. The lowest BCUT2D eigenvalue weighted by atomic mass is 10.3. The molecule has 32 heavy (non-hydrogen) atoms. The Hall–Kier alpha value is -2.21. The van der Waals surface area contributed by atoms with Crippen LogP contribution in [0.3, 0.4) is 0 Å². The third kappa shape index (κ3) is 5.97. The first-order chi connectivity index (χ1) is 15.1. The van der Waals surface area contributed by atoms with Gasteiger partial charge in [-0.25, -0.2) is 0 Å². The zero-order chi connectivity index (χ0) is 22.1. The standard InChI is InChI=1S/C24H20P.C2H2Cl2O2.H3P/c1-5-13-21(14-6-1)25(22-15-7-2-8-16-22,23-17-9-3-10-18-23)24-19-11-4-12-20-24;3-1(4)2(5)6;/h1-20H;1H,(H,5,6);1H3/q+1;;/p-1. The Balaban J connectivity index is 0.000000461. The lowest BCUT2D eigenvalue weighted by molar-refractivity contribution is -0.303. The van der Waals surface area contributed by atoms with E-state index in [0.29, 0.717) is 0 Å². The predicted octanol–water partition coefficient (Wildman–Crippen LogP) is 3.90. The molecule has 0 saturated carbocycles. The van der Waals surface area contributed by atoms with E-state index in [4.69, 9.17) is 23.2 Å². The number of halogens is 2. The second-order valence-corrected chi connectivity index (χ2v) is 11.1. The van der Waals surface area contributed by atoms with Crippen LogP contribution in [0.1, 0.15) is 0 Å². The number of carboxylic acids is 1. The molecule has 0 N–H and O–H groups in total. The minimum atomic E-state index is -1.91. The first-order valence-corrected chi connectivity index (χ1v) is 12.3. The Morgan fingerprint density at radius 1 is 0.562 bits per heavy atom. The summed E-state index contributed by atoms with van der Waals surface area (Å²) < 4.78 is 0. The Bertz CT molecular complexity index is 914. The van der Waals surface area contributed by atoms with Gasteiger partial charge in [-0.3, -0.25) is 0 Å². The van der Waals surface area contributed by atoms with Gasteiger partial charge in [0.15, 0.2) is 0 Å². The van der Waals surface area contributed by atoms with Gasteiger partial charge in [0.25, 0.3) is 0 Å². The molecular weight excluding hydrogens is 477 g/mol. The summed E-state index contributed by atoms with van der Waals surface area (Å²) in [4.78, 5) is 7.93. The highest BCUT2D eigenvalue weighted by atomic mass is 35.5. The average molecular weight is 501 g/mol. The van der Waals surface area contributed by atoms with Gasteiger partial charge in [-0.05, 0) is 48.5 Å². The second kappa shape index (κ2) is 12.7. The van der Waals surface area contributed by atoms with Gasteiger partial charge in [0.2, 0.25) is 0 Å². The van der Waals surface area contributed by atoms with Crippen LogP contribution in [0.15, 0.2) is 121 Å². The molecule has 0 radical (unpaired) electrons. The molecule has 0 amide bonds. The zero-order valence-electron chi connectivity index (χ0n) is 17.4. The van der Waals surface area contributed by atoms with Crippen LogP contribution in [0.5, 0.6) is 0 Å². The number of alkyl halides is 2. The molecule has 1 atom stereocenters. The number of benzene rings is 4. The van der Waals surface area contributed by atoms with E-state index in [9.17, 15) is 9.90 Å². The maximum atomic E-state index is 9.32. The SMILES string of the molecule is O=C([O-])C(Cl)Cl.P.c1ccc([P+](c2ccccc2)(c2ccccc2)c2ccccc2)cc1. The topological polar surface area (TPSA) is 40.1 Å². The molecule has 0 aromatic heterocycles. The van der Waals surface area contributed by atoms with E-state index in [0.717, 1.165) is 0 Å². The fourth-order valence-electron chi connectivity index (χ4n) is 3.50. The molecule has 4 rings (SSSR count). The third-order valence-corrected chi connectivity index (χ3v) is 9.40. The highest BCUT2D eigenvalue weighted by Gasteiger charge is 2.47. The van der Waals surface area contributed by atoms with Crippen molar-refractivity contribution in [1.29, 1.82) is 0 Å². The van der Waals surface area contributed by atoms with Crippen LogP contribution in [0.4, 0.5) is 0 Å². The van der Waals surface area contributed by atoms with Gasteiger partial charge in [-0.1, -0.05) is 96.0 Å². The highest BCUT2D eigenvalue weighted by Crippen LogP contribution is 2.53. The summed E-state index contributed by atoms with van der Waals surface area (Å²) in [6, 6.07) is 43.8. The average Bonchev–Trinajstić information content (AvgIpc) is 2.83. The molecule has 1 unspecified atom stereocenters. The molecule has 0 saturated heterocycles. The number of aliphatic carboxylic acids is 1. The van der Waals surface area contributed by atoms with Crippen molar-refractivity contribution < 1.29 is 9.90 Å². The Labute approximate surface area is 203 Å². The van der Waals surface area contributed by atoms with E-state index < -0.39 is 18.1 Å². The predicted molar refractivity (Wildman–Crippen MR) is 143 cm³/mol. The van der Waals surface area contributed by atoms with Crippen LogP contribution < -0.4 is 26.3 Å². The summed E-state index contributed by atoms with van der Waals surface area (Å²) in [7, 11) is -1.91. The van der Waals surface area contributed by atoms with Crippen LogP contribution in [0, 0.1) is 0 Å². The minimum absolute atomic E-state index is 0. The minimum Gasteiger partial charge on any atom is -0.547 e. The van der Waals surface area contributed by atoms with E-state index in [-0.39, 0.29) is 9.90 Å². The number of carbonyl (C=O) groups excluding carboxylic acids is 1. The van der Waals surface area contributed by atoms with Gasteiger partial charge in [-0.2, -0.15) is 9.90 Å². The molecular formula is C26H24Cl2O2P2. The maximum absolute atomic E-state index is 9.32. The molecule has 0 aliphatic heterocycles. The second-order valence-electron chi connectivity index (χ2n) is 6.63. The number of hydrogen-bond acceptors (Lipinski definition) is 2. The summed E-state index contributed by atoms with van der Waals surface area (Å²) in [5.74, 6) is -1.46. The molecule has 6 heteroatoms. The van der Waals surface area contributed by atoms with Gasteiger partial charge in [0.05, 0.1) is 5.97 Å². The Morgan fingerprint density at radius 3 is 0.906 bits per heavy atom. The van der Waals surface area contributed by atoms with Crippen molar-refractivity contribution in [1.82, 2.24) is 0 Å². The lowest BCUT2D eigenvalue weighted by Gasteiger charge is -2.27. The van der Waals surface area contributed by atoms with E-state index in [1.54, 1.807) is 0 Å². The van der Waals surface area contributed by atoms with E-state index in [1.807, 2.05) is 0 Å². The van der Waals surface area contributed by atoms with Gasteiger partial charge >= 0.3 is 0 Å². The monoisotopic (exact) mass is 500 g/mol. The summed E-state index contributed by atoms with van der Waals surface area (Å²) in [6.45, 7) is 0. The van der Waals surface area contributed by atoms with Crippen molar-refractivity contribution >= 4 is 67.6 Å². The molecule has 2 nitrogen and oxygen atoms in total. The van der Waals surface area contributed by atoms with Crippen LogP contribution in [-0.2, 0) is 4.79 Å². The van der Waals surface area contributed by atoms with Crippen LogP contribution in [0.2, 0.25) is 0 Å². The molecule has 0 heterocycles. The largest absolute Gasteiger partial charge is 0.547 e. The molecule has 0 aliphatic rings. The fraction of sp³-hybridized carbons (Fsp3) is 0.0385. The first-order valence-electron chi connectivity index (χ1n) is 9.67. The van der Waals surface area contributed by atoms with Crippen molar-refractivity contribution in [2.45, 2.75) is 4.84 Å². The number of carbonyl (C=O) groups is 1. The molecule has 0 aliphatic carbocycles. The van der Waals surface area contributed by atoms with Crippen LogP contribution in [0.25, 0.3) is 0 Å². The Kier molecular flexibility index (Phi) is 10.4. The molecule has 4 aromatic rings. The summed E-state index contributed by atoms with van der Waals surface area (Å²) in [6.07, 6.45) is 0.